The van der Waals surface area contributed by atoms with Gasteiger partial charge < -0.3 is 0 Å². The molecule has 0 bridgehead atoms. The van der Waals surface area contributed by atoms with E-state index in [1.807, 2.05) is 0 Å². The third kappa shape index (κ3) is 8.88. The Kier molecular flexibility index (Phi) is 11.6. The molecule has 0 nitrogen and oxygen atoms in total. The second-order valence-corrected chi connectivity index (χ2v) is 9.13. The van der Waals surface area contributed by atoms with Crippen molar-refractivity contribution in [3.05, 3.63) is 35.9 Å². The highest BCUT2D eigenvalue weighted by atomic mass is 32.2. The predicted octanol–water partition coefficient (Wildman–Crippen LogP) is 6.92. The molecule has 126 valence electrons. The Morgan fingerprint density at radius 2 is 1.27 bits per heavy atom. The largest absolute Gasteiger partial charge is 0.140 e. The summed E-state index contributed by atoms with van der Waals surface area (Å²) >= 11 is 0. The molecule has 1 aromatic rings. The smallest absolute Gasteiger partial charge is 0.0654 e. The lowest BCUT2D eigenvalue weighted by Gasteiger charge is -2.12. The summed E-state index contributed by atoms with van der Waals surface area (Å²) in [5.41, 5.74) is 1.51. The summed E-state index contributed by atoms with van der Waals surface area (Å²) in [6.07, 6.45) is 16.8. The molecule has 22 heavy (non-hydrogen) atoms. The van der Waals surface area contributed by atoms with Crippen LogP contribution in [0.1, 0.15) is 88.9 Å². The fourth-order valence-electron chi connectivity index (χ4n) is 2.95. The fraction of sp³-hybridized carbons (Fsp3) is 0.714. The number of hydrogen-bond donors (Lipinski definition) is 0. The molecule has 1 aromatic carbocycles. The second-order valence-electron chi connectivity index (χ2n) is 6.63. The summed E-state index contributed by atoms with van der Waals surface area (Å²) < 4.78 is 0. The number of rotatable bonds is 13. The van der Waals surface area contributed by atoms with Gasteiger partial charge in [0.15, 0.2) is 0 Å². The molecule has 1 rings (SSSR count). The van der Waals surface area contributed by atoms with E-state index in [0.717, 1.165) is 5.25 Å². The molecule has 0 aliphatic rings. The lowest BCUT2D eigenvalue weighted by molar-refractivity contribution is 0.563. The average molecular weight is 322 g/mol. The number of unbranched alkanes of at least 4 members (excludes halogenated alkanes) is 9. The predicted molar refractivity (Wildman–Crippen MR) is 105 cm³/mol. The first-order valence-electron chi connectivity index (χ1n) is 9.42. The third-order valence-electron chi connectivity index (χ3n) is 4.69. The Bertz CT molecular complexity index is 346. The summed E-state index contributed by atoms with van der Waals surface area (Å²) in [6, 6.07) is 11.0. The zero-order chi connectivity index (χ0) is 16.0. The van der Waals surface area contributed by atoms with Gasteiger partial charge in [0.25, 0.3) is 0 Å². The van der Waals surface area contributed by atoms with Gasteiger partial charge in [0.05, 0.1) is 6.26 Å². The Morgan fingerprint density at radius 1 is 0.773 bits per heavy atom. The molecule has 0 aromatic heterocycles. The van der Waals surface area contributed by atoms with Crippen molar-refractivity contribution in [2.75, 3.05) is 12.0 Å². The van der Waals surface area contributed by atoms with Crippen LogP contribution in [0.15, 0.2) is 30.3 Å². The lowest BCUT2D eigenvalue weighted by atomic mass is 10.1. The van der Waals surface area contributed by atoms with Crippen LogP contribution in [0.25, 0.3) is 0 Å². The lowest BCUT2D eigenvalue weighted by Crippen LogP contribution is -2.13. The first-order valence-corrected chi connectivity index (χ1v) is 11.3. The van der Waals surface area contributed by atoms with Gasteiger partial charge in [0.2, 0.25) is 0 Å². The van der Waals surface area contributed by atoms with Crippen LogP contribution in [0.5, 0.6) is 0 Å². The van der Waals surface area contributed by atoms with Gasteiger partial charge in [-0.25, -0.2) is 0 Å². The van der Waals surface area contributed by atoms with Crippen LogP contribution in [-0.4, -0.2) is 12.0 Å². The van der Waals surface area contributed by atoms with Gasteiger partial charge in [-0.3, -0.25) is 0 Å². The van der Waals surface area contributed by atoms with E-state index in [1.165, 1.54) is 75.5 Å². The fourth-order valence-corrected chi connectivity index (χ4v) is 4.59. The maximum atomic E-state index is 2.45. The van der Waals surface area contributed by atoms with Crippen molar-refractivity contribution in [1.82, 2.24) is 0 Å². The summed E-state index contributed by atoms with van der Waals surface area (Å²) in [7, 11) is 0.522. The highest BCUT2D eigenvalue weighted by molar-refractivity contribution is 7.96. The van der Waals surface area contributed by atoms with Crippen molar-refractivity contribution in [1.29, 1.82) is 0 Å². The first kappa shape index (κ1) is 19.6. The molecule has 2 atom stereocenters. The molecule has 0 N–H and O–H groups in total. The minimum atomic E-state index is 0.522. The van der Waals surface area contributed by atoms with Gasteiger partial charge in [0, 0.05) is 5.56 Å². The van der Waals surface area contributed by atoms with Gasteiger partial charge in [-0.2, -0.15) is 0 Å². The minimum absolute atomic E-state index is 0.522. The van der Waals surface area contributed by atoms with Gasteiger partial charge >= 0.3 is 0 Å². The Labute approximate surface area is 142 Å². The summed E-state index contributed by atoms with van der Waals surface area (Å²) in [5.74, 6) is 1.41. The van der Waals surface area contributed by atoms with Crippen LogP contribution in [0.4, 0.5) is 0 Å². The molecule has 0 saturated carbocycles. The molecule has 1 heteroatoms. The van der Waals surface area contributed by atoms with Gasteiger partial charge in [0.1, 0.15) is 11.0 Å². The molecule has 0 aliphatic carbocycles. The Hall–Kier alpha value is -0.430. The molecule has 0 saturated heterocycles. The molecule has 2 unspecified atom stereocenters. The highest BCUT2D eigenvalue weighted by Gasteiger charge is 2.21. The normalized spacial score (nSPS) is 14.0. The molecule has 0 amide bonds. The number of hydrogen-bond acceptors (Lipinski definition) is 0. The molecule has 0 fully saturated rings. The zero-order valence-corrected chi connectivity index (χ0v) is 16.0. The second kappa shape index (κ2) is 13.0. The minimum Gasteiger partial charge on any atom is -0.0654 e. The Morgan fingerprint density at radius 3 is 1.82 bits per heavy atom. The third-order valence-corrected chi connectivity index (χ3v) is 7.10. The maximum absolute atomic E-state index is 2.45. The van der Waals surface area contributed by atoms with Gasteiger partial charge in [-0.05, 0) is 30.7 Å². The van der Waals surface area contributed by atoms with Crippen molar-refractivity contribution in [3.8, 4) is 0 Å². The van der Waals surface area contributed by atoms with Gasteiger partial charge in [-0.15, -0.1) is 0 Å². The molecule has 0 radical (unpaired) electrons. The van der Waals surface area contributed by atoms with E-state index in [0.29, 0.717) is 10.9 Å². The van der Waals surface area contributed by atoms with Crippen LogP contribution >= 0.6 is 0 Å². The van der Waals surface area contributed by atoms with Crippen LogP contribution in [-0.2, 0) is 10.9 Å². The van der Waals surface area contributed by atoms with Crippen LogP contribution in [0.3, 0.4) is 0 Å². The van der Waals surface area contributed by atoms with E-state index in [2.05, 4.69) is 50.4 Å². The van der Waals surface area contributed by atoms with Crippen LogP contribution in [0, 0.1) is 0 Å². The van der Waals surface area contributed by atoms with Crippen LogP contribution in [0.2, 0.25) is 0 Å². The molecule has 0 aliphatic heterocycles. The monoisotopic (exact) mass is 321 g/mol. The number of benzene rings is 1. The van der Waals surface area contributed by atoms with Crippen molar-refractivity contribution >= 4 is 10.9 Å². The van der Waals surface area contributed by atoms with E-state index >= 15 is 0 Å². The summed E-state index contributed by atoms with van der Waals surface area (Å²) in [6.45, 7) is 4.69. The maximum Gasteiger partial charge on any atom is 0.140 e. The SMILES string of the molecule is CCCCCCCCCCCC[S+](C)C(C)c1ccccc1. The van der Waals surface area contributed by atoms with Crippen LogP contribution < -0.4 is 0 Å². The van der Waals surface area contributed by atoms with Crippen molar-refractivity contribution in [3.63, 3.8) is 0 Å². The highest BCUT2D eigenvalue weighted by Crippen LogP contribution is 2.23. The summed E-state index contributed by atoms with van der Waals surface area (Å²) in [4.78, 5) is 0. The standard InChI is InChI=1S/C21H37S/c1-4-5-6-7-8-9-10-11-12-16-19-22(3)20(2)21-17-14-13-15-18-21/h13-15,17-18,20H,4-12,16,19H2,1-3H3/q+1. The van der Waals surface area contributed by atoms with E-state index in [4.69, 9.17) is 0 Å². The summed E-state index contributed by atoms with van der Waals surface area (Å²) in [5, 5.41) is 0.722. The van der Waals surface area contributed by atoms with Crippen molar-refractivity contribution < 1.29 is 0 Å². The van der Waals surface area contributed by atoms with E-state index in [9.17, 15) is 0 Å². The Balaban J connectivity index is 1.98. The average Bonchev–Trinajstić information content (AvgIpc) is 2.56. The van der Waals surface area contributed by atoms with E-state index in [1.54, 1.807) is 0 Å². The van der Waals surface area contributed by atoms with Crippen molar-refractivity contribution in [2.45, 2.75) is 83.3 Å². The molecule has 0 spiro atoms. The topological polar surface area (TPSA) is 0 Å². The van der Waals surface area contributed by atoms with Gasteiger partial charge in [-0.1, -0.05) is 88.6 Å². The van der Waals surface area contributed by atoms with E-state index < -0.39 is 0 Å². The van der Waals surface area contributed by atoms with E-state index in [-0.39, 0.29) is 0 Å². The quantitative estimate of drug-likeness (QED) is 0.273. The molecular weight excluding hydrogens is 284 g/mol. The first-order chi connectivity index (χ1) is 10.8. The zero-order valence-electron chi connectivity index (χ0n) is 15.2. The molecular formula is C21H37S+. The van der Waals surface area contributed by atoms with Crippen molar-refractivity contribution in [2.24, 2.45) is 0 Å². The molecule has 0 heterocycles.